The summed E-state index contributed by atoms with van der Waals surface area (Å²) in [4.78, 5) is 29.7. The molecule has 2 saturated heterocycles. The van der Waals surface area contributed by atoms with Crippen molar-refractivity contribution in [2.24, 2.45) is 0 Å². The number of hydrogen-bond acceptors (Lipinski definition) is 6. The predicted molar refractivity (Wildman–Crippen MR) is 177 cm³/mol. The van der Waals surface area contributed by atoms with Crippen molar-refractivity contribution in [3.8, 4) is 17.2 Å². The number of piperidine rings is 1. The van der Waals surface area contributed by atoms with Gasteiger partial charge >= 0.3 is 0 Å². The second-order valence-electron chi connectivity index (χ2n) is 11.7. The Bertz CT molecular complexity index is 1490. The molecule has 3 aromatic rings. The summed E-state index contributed by atoms with van der Waals surface area (Å²) in [6.07, 6.45) is 2.79. The molecule has 2 fully saturated rings. The van der Waals surface area contributed by atoms with Gasteiger partial charge < -0.3 is 29.7 Å². The number of nitrogens with one attached hydrogen (secondary N) is 2. The average molecular weight is 655 g/mol. The SMILES string of the molecule is CCOc1c(OC)cc(C(=O)N2CCC(CCNC(=O)C3(c4ccccc4)CCNCC3)(c3ccc(Cl)c(Cl)c3)C2)cc1OC. The van der Waals surface area contributed by atoms with Crippen molar-refractivity contribution in [3.05, 3.63) is 87.4 Å². The van der Waals surface area contributed by atoms with E-state index in [9.17, 15) is 9.59 Å². The summed E-state index contributed by atoms with van der Waals surface area (Å²) in [5.74, 6) is 1.23. The highest BCUT2D eigenvalue weighted by Gasteiger charge is 2.44. The summed E-state index contributed by atoms with van der Waals surface area (Å²) < 4.78 is 16.8. The maximum absolute atomic E-state index is 13.9. The van der Waals surface area contributed by atoms with E-state index >= 15 is 0 Å². The first-order valence-electron chi connectivity index (χ1n) is 15.4. The smallest absolute Gasteiger partial charge is 0.254 e. The van der Waals surface area contributed by atoms with Gasteiger partial charge in [0.25, 0.3) is 5.91 Å². The summed E-state index contributed by atoms with van der Waals surface area (Å²) in [5, 5.41) is 7.61. The van der Waals surface area contributed by atoms with Crippen LogP contribution in [-0.4, -0.2) is 70.3 Å². The van der Waals surface area contributed by atoms with E-state index in [1.54, 1.807) is 18.2 Å². The molecule has 0 aliphatic carbocycles. The van der Waals surface area contributed by atoms with Gasteiger partial charge in [0, 0.05) is 30.6 Å². The van der Waals surface area contributed by atoms with Gasteiger partial charge in [-0.15, -0.1) is 0 Å². The molecule has 8 nitrogen and oxygen atoms in total. The molecule has 0 aromatic heterocycles. The molecule has 10 heteroatoms. The van der Waals surface area contributed by atoms with Gasteiger partial charge in [-0.3, -0.25) is 9.59 Å². The minimum absolute atomic E-state index is 0.0407. The number of methoxy groups -OCH3 is 2. The quantitative estimate of drug-likeness (QED) is 0.263. The van der Waals surface area contributed by atoms with Gasteiger partial charge in [0.15, 0.2) is 11.5 Å². The Labute approximate surface area is 275 Å². The van der Waals surface area contributed by atoms with E-state index in [1.807, 2.05) is 54.3 Å². The Hall–Kier alpha value is -3.46. The van der Waals surface area contributed by atoms with Crippen LogP contribution >= 0.6 is 23.2 Å². The van der Waals surface area contributed by atoms with E-state index < -0.39 is 10.8 Å². The summed E-state index contributed by atoms with van der Waals surface area (Å²) in [5.41, 5.74) is 1.46. The van der Waals surface area contributed by atoms with Crippen molar-refractivity contribution in [2.45, 2.75) is 43.4 Å². The maximum Gasteiger partial charge on any atom is 0.254 e. The fourth-order valence-corrected chi connectivity index (χ4v) is 7.07. The lowest BCUT2D eigenvalue weighted by Crippen LogP contribution is -2.51. The molecule has 2 heterocycles. The fourth-order valence-electron chi connectivity index (χ4n) is 6.77. The van der Waals surface area contributed by atoms with Crippen LogP contribution in [0.25, 0.3) is 0 Å². The predicted octanol–water partition coefficient (Wildman–Crippen LogP) is 6.02. The zero-order valence-electron chi connectivity index (χ0n) is 26.1. The van der Waals surface area contributed by atoms with E-state index in [0.717, 1.165) is 37.1 Å². The normalized spacial score (nSPS) is 19.2. The highest BCUT2D eigenvalue weighted by Crippen LogP contribution is 2.43. The highest BCUT2D eigenvalue weighted by atomic mass is 35.5. The summed E-state index contributed by atoms with van der Waals surface area (Å²) >= 11 is 12.8. The second kappa shape index (κ2) is 14.3. The number of amides is 2. The topological polar surface area (TPSA) is 89.1 Å². The number of hydrogen-bond donors (Lipinski definition) is 2. The molecule has 2 N–H and O–H groups in total. The molecule has 2 aliphatic heterocycles. The molecule has 0 radical (unpaired) electrons. The molecular weight excluding hydrogens is 613 g/mol. The standard InChI is InChI=1S/C35H41Cl2N3O5/c1-4-45-31-29(43-2)20-24(21-30(31)44-3)32(41)40-19-15-34(23-40,26-10-11-27(36)28(37)22-26)12-18-39-33(42)35(13-16-38-17-14-35)25-8-6-5-7-9-25/h5-11,20-22,38H,4,12-19,23H2,1-3H3,(H,39,42). The summed E-state index contributed by atoms with van der Waals surface area (Å²) in [6.45, 7) is 5.31. The Kier molecular flexibility index (Phi) is 10.5. The van der Waals surface area contributed by atoms with Crippen LogP contribution in [0.1, 0.15) is 54.1 Å². The van der Waals surface area contributed by atoms with Crippen LogP contribution in [-0.2, 0) is 15.6 Å². The number of benzene rings is 3. The molecule has 240 valence electrons. The molecule has 0 spiro atoms. The Morgan fingerprint density at radius 2 is 1.60 bits per heavy atom. The zero-order chi connectivity index (χ0) is 32.0. The largest absolute Gasteiger partial charge is 0.493 e. The van der Waals surface area contributed by atoms with Crippen molar-refractivity contribution in [1.82, 2.24) is 15.5 Å². The van der Waals surface area contributed by atoms with E-state index in [2.05, 4.69) is 10.6 Å². The first-order valence-corrected chi connectivity index (χ1v) is 16.2. The minimum atomic E-state index is -0.577. The second-order valence-corrected chi connectivity index (χ2v) is 12.5. The fraction of sp³-hybridized carbons (Fsp3) is 0.429. The lowest BCUT2D eigenvalue weighted by molar-refractivity contribution is -0.127. The number of likely N-dealkylation sites (tertiary alicyclic amines) is 1. The van der Waals surface area contributed by atoms with Gasteiger partial charge in [-0.1, -0.05) is 59.6 Å². The first-order chi connectivity index (χ1) is 21.8. The van der Waals surface area contributed by atoms with Crippen LogP contribution in [0.2, 0.25) is 10.0 Å². The number of halogens is 2. The summed E-state index contributed by atoms with van der Waals surface area (Å²) in [7, 11) is 3.08. The molecule has 1 unspecified atom stereocenters. The zero-order valence-corrected chi connectivity index (χ0v) is 27.6. The van der Waals surface area contributed by atoms with Crippen LogP contribution in [0.15, 0.2) is 60.7 Å². The van der Waals surface area contributed by atoms with Crippen LogP contribution < -0.4 is 24.8 Å². The van der Waals surface area contributed by atoms with Crippen molar-refractivity contribution in [2.75, 3.05) is 53.6 Å². The monoisotopic (exact) mass is 653 g/mol. The molecular formula is C35H41Cl2N3O5. The van der Waals surface area contributed by atoms with Crippen molar-refractivity contribution in [3.63, 3.8) is 0 Å². The maximum atomic E-state index is 13.9. The highest BCUT2D eigenvalue weighted by molar-refractivity contribution is 6.42. The van der Waals surface area contributed by atoms with Crippen LogP contribution in [0, 0.1) is 0 Å². The molecule has 0 bridgehead atoms. The molecule has 1 atom stereocenters. The third kappa shape index (κ3) is 6.74. The molecule has 2 aliphatic rings. The van der Waals surface area contributed by atoms with Crippen molar-refractivity contribution >= 4 is 35.0 Å². The van der Waals surface area contributed by atoms with E-state index in [1.165, 1.54) is 14.2 Å². The van der Waals surface area contributed by atoms with Gasteiger partial charge in [-0.05, 0) is 81.1 Å². The molecule has 2 amide bonds. The molecule has 5 rings (SSSR count). The van der Waals surface area contributed by atoms with Crippen LogP contribution in [0.5, 0.6) is 17.2 Å². The number of rotatable bonds is 11. The van der Waals surface area contributed by atoms with Crippen LogP contribution in [0.3, 0.4) is 0 Å². The molecule has 45 heavy (non-hydrogen) atoms. The molecule has 3 aromatic carbocycles. The number of nitrogens with zero attached hydrogens (tertiary/aromatic N) is 1. The van der Waals surface area contributed by atoms with E-state index in [4.69, 9.17) is 37.4 Å². The number of carbonyl (C=O) groups excluding carboxylic acids is 2. The van der Waals surface area contributed by atoms with Crippen LogP contribution in [0.4, 0.5) is 0 Å². The first kappa shape index (κ1) is 32.9. The van der Waals surface area contributed by atoms with E-state index in [-0.39, 0.29) is 11.8 Å². The van der Waals surface area contributed by atoms with Gasteiger partial charge in [0.2, 0.25) is 11.7 Å². The number of ether oxygens (including phenoxy) is 3. The third-order valence-corrected chi connectivity index (χ3v) is 10.0. The minimum Gasteiger partial charge on any atom is -0.493 e. The summed E-state index contributed by atoms with van der Waals surface area (Å²) in [6, 6.07) is 19.1. The van der Waals surface area contributed by atoms with Gasteiger partial charge in [0.05, 0.1) is 36.3 Å². The van der Waals surface area contributed by atoms with Crippen molar-refractivity contribution in [1.29, 1.82) is 0 Å². The van der Waals surface area contributed by atoms with E-state index in [0.29, 0.717) is 71.9 Å². The van der Waals surface area contributed by atoms with Gasteiger partial charge in [-0.25, -0.2) is 0 Å². The average Bonchev–Trinajstić information content (AvgIpc) is 3.51. The lowest BCUT2D eigenvalue weighted by Gasteiger charge is -2.37. The Morgan fingerprint density at radius 3 is 2.22 bits per heavy atom. The number of carbonyl (C=O) groups is 2. The Balaban J connectivity index is 1.39. The Morgan fingerprint density at radius 1 is 0.911 bits per heavy atom. The van der Waals surface area contributed by atoms with Gasteiger partial charge in [-0.2, -0.15) is 0 Å². The van der Waals surface area contributed by atoms with Crippen molar-refractivity contribution < 1.29 is 23.8 Å². The lowest BCUT2D eigenvalue weighted by atomic mass is 9.72. The van der Waals surface area contributed by atoms with Gasteiger partial charge in [0.1, 0.15) is 0 Å². The third-order valence-electron chi connectivity index (χ3n) is 9.28. The molecule has 0 saturated carbocycles.